The van der Waals surface area contributed by atoms with Crippen LogP contribution in [0, 0.1) is 0 Å². The topological polar surface area (TPSA) is 46.6 Å². The molecule has 1 heterocycles. The van der Waals surface area contributed by atoms with Gasteiger partial charge in [-0.05, 0) is 20.8 Å². The lowest BCUT2D eigenvalue weighted by Crippen LogP contribution is -2.43. The number of ether oxygens (including phenoxy) is 1. The molecule has 0 spiro atoms. The highest BCUT2D eigenvalue weighted by Crippen LogP contribution is 2.24. The Balaban J connectivity index is 2.73. The molecule has 0 saturated carbocycles. The number of likely N-dealkylation sites (tertiary alicyclic amines) is 1. The zero-order valence-electron chi connectivity index (χ0n) is 10.8. The second kappa shape index (κ2) is 5.02. The van der Waals surface area contributed by atoms with Gasteiger partial charge < -0.3 is 4.74 Å². The van der Waals surface area contributed by atoms with Crippen LogP contribution >= 0.6 is 0 Å². The minimum atomic E-state index is -1.14. The highest BCUT2D eigenvalue weighted by molar-refractivity contribution is 5.87. The number of nitrogens with zero attached hydrogens (tertiary/aromatic N) is 1. The zero-order chi connectivity index (χ0) is 13.2. The molecule has 4 nitrogen and oxygen atoms in total. The number of rotatable bonds is 2. The second-order valence-corrected chi connectivity index (χ2v) is 5.30. The average molecular weight is 245 g/mol. The fourth-order valence-electron chi connectivity index (χ4n) is 1.85. The molecule has 17 heavy (non-hydrogen) atoms. The summed E-state index contributed by atoms with van der Waals surface area (Å²) < 4.78 is 18.5. The molecule has 0 N–H and O–H groups in total. The van der Waals surface area contributed by atoms with Crippen molar-refractivity contribution >= 4 is 11.9 Å². The first kappa shape index (κ1) is 13.9. The normalized spacial score (nSPS) is 24.9. The molecule has 1 aliphatic heterocycles. The Morgan fingerprint density at radius 2 is 2.00 bits per heavy atom. The molecule has 0 aromatic heterocycles. The summed E-state index contributed by atoms with van der Waals surface area (Å²) in [5.41, 5.74) is -0.634. The summed E-state index contributed by atoms with van der Waals surface area (Å²) >= 11 is 0. The van der Waals surface area contributed by atoms with Crippen molar-refractivity contribution in [2.24, 2.45) is 0 Å². The van der Waals surface area contributed by atoms with Crippen LogP contribution in [0.2, 0.25) is 0 Å². The maximum absolute atomic E-state index is 13.3. The molecular formula is C12H20FNO3. The van der Waals surface area contributed by atoms with E-state index >= 15 is 0 Å². The third-order valence-corrected chi connectivity index (χ3v) is 2.60. The number of ketones is 1. The third-order valence-electron chi connectivity index (χ3n) is 2.60. The number of hydrogen-bond donors (Lipinski definition) is 0. The van der Waals surface area contributed by atoms with Crippen LogP contribution in [0.3, 0.4) is 0 Å². The Bertz CT molecular complexity index is 311. The minimum Gasteiger partial charge on any atom is -0.444 e. The number of carbonyl (C=O) groups excluding carboxylic acids is 2. The van der Waals surface area contributed by atoms with E-state index in [-0.39, 0.29) is 18.7 Å². The van der Waals surface area contributed by atoms with Gasteiger partial charge in [0.25, 0.3) is 0 Å². The smallest absolute Gasteiger partial charge is 0.411 e. The first-order valence-corrected chi connectivity index (χ1v) is 5.91. The maximum atomic E-state index is 13.3. The molecule has 0 bridgehead atoms. The number of Topliss-reactive ketones (excluding diaryl/α,β-unsaturated/α-hetero) is 1. The van der Waals surface area contributed by atoms with Crippen molar-refractivity contribution in [3.05, 3.63) is 0 Å². The van der Waals surface area contributed by atoms with Crippen molar-refractivity contribution in [3.8, 4) is 0 Å². The van der Waals surface area contributed by atoms with Crippen molar-refractivity contribution in [2.75, 3.05) is 6.54 Å². The molecule has 5 heteroatoms. The van der Waals surface area contributed by atoms with Gasteiger partial charge in [0.05, 0.1) is 12.6 Å². The summed E-state index contributed by atoms with van der Waals surface area (Å²) in [6.07, 6.45) is -1.35. The van der Waals surface area contributed by atoms with Gasteiger partial charge in [-0.15, -0.1) is 0 Å². The molecule has 1 saturated heterocycles. The number of carbonyl (C=O) groups is 2. The van der Waals surface area contributed by atoms with Crippen molar-refractivity contribution in [1.82, 2.24) is 4.90 Å². The van der Waals surface area contributed by atoms with E-state index in [0.717, 1.165) is 0 Å². The van der Waals surface area contributed by atoms with E-state index in [1.807, 2.05) is 0 Å². The molecule has 0 radical (unpaired) electrons. The predicted octanol–water partition coefficient (Wildman–Crippen LogP) is 2.31. The number of hydrogen-bond acceptors (Lipinski definition) is 3. The van der Waals surface area contributed by atoms with Gasteiger partial charge in [-0.2, -0.15) is 0 Å². The summed E-state index contributed by atoms with van der Waals surface area (Å²) in [5, 5.41) is 0. The molecule has 1 fully saturated rings. The Kier molecular flexibility index (Phi) is 4.11. The van der Waals surface area contributed by atoms with Gasteiger partial charge in [-0.3, -0.25) is 9.69 Å². The summed E-state index contributed by atoms with van der Waals surface area (Å²) in [6.45, 7) is 6.88. The van der Waals surface area contributed by atoms with Gasteiger partial charge in [0.1, 0.15) is 11.8 Å². The summed E-state index contributed by atoms with van der Waals surface area (Å²) in [4.78, 5) is 24.7. The third kappa shape index (κ3) is 3.68. The number of amides is 1. The van der Waals surface area contributed by atoms with Gasteiger partial charge in [-0.25, -0.2) is 9.18 Å². The summed E-state index contributed by atoms with van der Waals surface area (Å²) in [6, 6.07) is -0.662. The zero-order valence-corrected chi connectivity index (χ0v) is 10.8. The fourth-order valence-corrected chi connectivity index (χ4v) is 1.85. The van der Waals surface area contributed by atoms with E-state index in [4.69, 9.17) is 4.74 Å². The van der Waals surface area contributed by atoms with Crippen LogP contribution in [-0.4, -0.2) is 41.1 Å². The van der Waals surface area contributed by atoms with Crippen LogP contribution in [0.5, 0.6) is 0 Å². The van der Waals surface area contributed by atoms with Crippen LogP contribution in [-0.2, 0) is 9.53 Å². The van der Waals surface area contributed by atoms with E-state index in [1.165, 1.54) is 4.90 Å². The molecule has 1 amide bonds. The monoisotopic (exact) mass is 245 g/mol. The first-order chi connectivity index (χ1) is 7.74. The Labute approximate surface area is 101 Å². The van der Waals surface area contributed by atoms with Crippen molar-refractivity contribution in [2.45, 2.75) is 58.4 Å². The molecule has 2 atom stereocenters. The van der Waals surface area contributed by atoms with E-state index in [2.05, 4.69) is 0 Å². The van der Waals surface area contributed by atoms with Crippen LogP contribution in [0.1, 0.15) is 40.5 Å². The second-order valence-electron chi connectivity index (χ2n) is 5.30. The molecule has 1 rings (SSSR count). The van der Waals surface area contributed by atoms with Crippen LogP contribution in [0.4, 0.5) is 9.18 Å². The lowest BCUT2D eigenvalue weighted by molar-refractivity contribution is -0.123. The molecular weight excluding hydrogens is 225 g/mol. The first-order valence-electron chi connectivity index (χ1n) is 5.91. The Morgan fingerprint density at radius 3 is 2.47 bits per heavy atom. The molecule has 98 valence electrons. The van der Waals surface area contributed by atoms with Gasteiger partial charge in [-0.1, -0.05) is 6.92 Å². The Hall–Kier alpha value is -1.13. The van der Waals surface area contributed by atoms with E-state index < -0.39 is 23.9 Å². The van der Waals surface area contributed by atoms with Gasteiger partial charge in [0, 0.05) is 12.8 Å². The maximum Gasteiger partial charge on any atom is 0.411 e. The predicted molar refractivity (Wildman–Crippen MR) is 61.5 cm³/mol. The fraction of sp³-hybridized carbons (Fsp3) is 0.833. The number of alkyl halides is 1. The average Bonchev–Trinajstić information content (AvgIpc) is 2.56. The van der Waals surface area contributed by atoms with Crippen molar-refractivity contribution in [1.29, 1.82) is 0 Å². The van der Waals surface area contributed by atoms with Gasteiger partial charge in [0.15, 0.2) is 5.78 Å². The van der Waals surface area contributed by atoms with Gasteiger partial charge in [0.2, 0.25) is 0 Å². The van der Waals surface area contributed by atoms with E-state index in [1.54, 1.807) is 27.7 Å². The summed E-state index contributed by atoms with van der Waals surface area (Å²) in [7, 11) is 0. The van der Waals surface area contributed by atoms with E-state index in [9.17, 15) is 14.0 Å². The van der Waals surface area contributed by atoms with Crippen LogP contribution in [0.15, 0.2) is 0 Å². The molecule has 0 aromatic rings. The van der Waals surface area contributed by atoms with Crippen LogP contribution < -0.4 is 0 Å². The van der Waals surface area contributed by atoms with Crippen LogP contribution in [0.25, 0.3) is 0 Å². The lowest BCUT2D eigenvalue weighted by Gasteiger charge is -2.27. The SMILES string of the molecule is CCC(=O)[C@@H]1C[C@H](F)CN1C(=O)OC(C)(C)C. The number of halogens is 1. The van der Waals surface area contributed by atoms with Crippen molar-refractivity contribution in [3.63, 3.8) is 0 Å². The van der Waals surface area contributed by atoms with Crippen molar-refractivity contribution < 1.29 is 18.7 Å². The minimum absolute atomic E-state index is 0.0503. The lowest BCUT2D eigenvalue weighted by atomic mass is 10.1. The highest BCUT2D eigenvalue weighted by Gasteiger charge is 2.40. The van der Waals surface area contributed by atoms with E-state index in [0.29, 0.717) is 6.42 Å². The standard InChI is InChI=1S/C12H20FNO3/c1-5-10(15)9-6-8(13)7-14(9)11(16)17-12(2,3)4/h8-9H,5-7H2,1-4H3/t8-,9-/m0/s1. The molecule has 0 aromatic carbocycles. The Morgan fingerprint density at radius 1 is 1.41 bits per heavy atom. The molecule has 1 aliphatic rings. The largest absolute Gasteiger partial charge is 0.444 e. The molecule has 0 unspecified atom stereocenters. The quantitative estimate of drug-likeness (QED) is 0.750. The highest BCUT2D eigenvalue weighted by atomic mass is 19.1. The molecule has 0 aliphatic carbocycles. The summed E-state index contributed by atoms with van der Waals surface area (Å²) in [5.74, 6) is -0.115. The van der Waals surface area contributed by atoms with Gasteiger partial charge >= 0.3 is 6.09 Å².